The maximum absolute atomic E-state index is 3.67. The molecule has 0 aliphatic rings. The lowest BCUT2D eigenvalue weighted by Crippen LogP contribution is -2.26. The van der Waals surface area contributed by atoms with Gasteiger partial charge in [0, 0.05) is 25.0 Å². The summed E-state index contributed by atoms with van der Waals surface area (Å²) >= 11 is 0. The average molecular weight is 154 g/mol. The van der Waals surface area contributed by atoms with Crippen molar-refractivity contribution in [3.63, 3.8) is 0 Å². The summed E-state index contributed by atoms with van der Waals surface area (Å²) in [5.41, 5.74) is 0. The van der Waals surface area contributed by atoms with Gasteiger partial charge in [0.25, 0.3) is 0 Å². The van der Waals surface area contributed by atoms with Crippen LogP contribution in [-0.2, 0) is 0 Å². The van der Waals surface area contributed by atoms with E-state index in [4.69, 9.17) is 0 Å². The Morgan fingerprint density at radius 3 is 2.55 bits per heavy atom. The standard InChI is InChI=1S/C9H18N2/c1-5-9(3)11(6-2)8-7-10-4/h7-9H,4-6H2,1-3H3/b8-7-. The Kier molecular flexibility index (Phi) is 5.53. The van der Waals surface area contributed by atoms with E-state index in [-0.39, 0.29) is 0 Å². The summed E-state index contributed by atoms with van der Waals surface area (Å²) in [4.78, 5) is 5.91. The molecule has 0 heterocycles. The highest BCUT2D eigenvalue weighted by Gasteiger charge is 2.03. The fourth-order valence-electron chi connectivity index (χ4n) is 0.931. The molecule has 2 nitrogen and oxygen atoms in total. The summed E-state index contributed by atoms with van der Waals surface area (Å²) in [7, 11) is 0. The van der Waals surface area contributed by atoms with Crippen LogP contribution < -0.4 is 0 Å². The quantitative estimate of drug-likeness (QED) is 0.555. The topological polar surface area (TPSA) is 15.6 Å². The third-order valence-electron chi connectivity index (χ3n) is 1.89. The van der Waals surface area contributed by atoms with Crippen molar-refractivity contribution >= 4 is 6.72 Å². The molecule has 1 atom stereocenters. The van der Waals surface area contributed by atoms with Gasteiger partial charge in [-0.3, -0.25) is 4.99 Å². The van der Waals surface area contributed by atoms with Gasteiger partial charge in [0.15, 0.2) is 0 Å². The molecular formula is C9H18N2. The van der Waals surface area contributed by atoms with Crippen LogP contribution in [0.4, 0.5) is 0 Å². The number of aliphatic imine (C=N–C) groups is 1. The van der Waals surface area contributed by atoms with Crippen molar-refractivity contribution in [2.75, 3.05) is 6.54 Å². The molecule has 0 rings (SSSR count). The van der Waals surface area contributed by atoms with Crippen LogP contribution >= 0.6 is 0 Å². The van der Waals surface area contributed by atoms with Crippen LogP contribution in [0.25, 0.3) is 0 Å². The normalized spacial score (nSPS) is 13.4. The molecule has 0 aromatic rings. The first-order valence-corrected chi connectivity index (χ1v) is 4.14. The van der Waals surface area contributed by atoms with Crippen LogP contribution in [0.3, 0.4) is 0 Å². The van der Waals surface area contributed by atoms with E-state index in [9.17, 15) is 0 Å². The van der Waals surface area contributed by atoms with Crippen molar-refractivity contribution in [1.29, 1.82) is 0 Å². The molecule has 0 radical (unpaired) electrons. The van der Waals surface area contributed by atoms with Gasteiger partial charge in [-0.1, -0.05) is 6.92 Å². The van der Waals surface area contributed by atoms with Gasteiger partial charge in [-0.25, -0.2) is 0 Å². The molecule has 0 N–H and O–H groups in total. The molecule has 0 aliphatic carbocycles. The molecule has 0 aromatic carbocycles. The molecule has 0 aliphatic heterocycles. The minimum Gasteiger partial charge on any atom is -0.374 e. The van der Waals surface area contributed by atoms with Crippen molar-refractivity contribution < 1.29 is 0 Å². The first kappa shape index (κ1) is 10.2. The molecule has 11 heavy (non-hydrogen) atoms. The Bertz CT molecular complexity index is 130. The van der Waals surface area contributed by atoms with Crippen molar-refractivity contribution in [2.45, 2.75) is 33.2 Å². The molecule has 0 fully saturated rings. The minimum atomic E-state index is 0.595. The largest absolute Gasteiger partial charge is 0.374 e. The summed E-state index contributed by atoms with van der Waals surface area (Å²) < 4.78 is 0. The van der Waals surface area contributed by atoms with E-state index in [1.165, 1.54) is 0 Å². The Labute approximate surface area is 69.6 Å². The number of hydrogen-bond acceptors (Lipinski definition) is 2. The summed E-state index contributed by atoms with van der Waals surface area (Å²) in [6.45, 7) is 10.9. The SMILES string of the molecule is C=N/C=C\N(CC)C(C)CC. The summed E-state index contributed by atoms with van der Waals surface area (Å²) in [6.07, 6.45) is 4.88. The van der Waals surface area contributed by atoms with Gasteiger partial charge >= 0.3 is 0 Å². The Hall–Kier alpha value is -0.790. The van der Waals surface area contributed by atoms with Crippen LogP contribution in [-0.4, -0.2) is 24.2 Å². The fourth-order valence-corrected chi connectivity index (χ4v) is 0.931. The number of nitrogens with zero attached hydrogens (tertiary/aromatic N) is 2. The van der Waals surface area contributed by atoms with E-state index in [1.807, 2.05) is 6.20 Å². The van der Waals surface area contributed by atoms with Crippen molar-refractivity contribution in [1.82, 2.24) is 4.90 Å². The Morgan fingerprint density at radius 1 is 1.55 bits per heavy atom. The third kappa shape index (κ3) is 3.81. The second-order valence-electron chi connectivity index (χ2n) is 2.57. The lowest BCUT2D eigenvalue weighted by Gasteiger charge is -2.24. The summed E-state index contributed by atoms with van der Waals surface area (Å²) in [6, 6.07) is 0.595. The fraction of sp³-hybridized carbons (Fsp3) is 0.667. The molecule has 0 saturated carbocycles. The van der Waals surface area contributed by atoms with Gasteiger partial charge in [-0.2, -0.15) is 0 Å². The van der Waals surface area contributed by atoms with E-state index in [1.54, 1.807) is 6.20 Å². The van der Waals surface area contributed by atoms with Gasteiger partial charge in [-0.15, -0.1) is 0 Å². The number of hydrogen-bond donors (Lipinski definition) is 0. The second kappa shape index (κ2) is 5.96. The molecule has 0 saturated heterocycles. The van der Waals surface area contributed by atoms with E-state index in [0.717, 1.165) is 13.0 Å². The zero-order valence-electron chi connectivity index (χ0n) is 7.75. The van der Waals surface area contributed by atoms with E-state index < -0.39 is 0 Å². The maximum atomic E-state index is 3.67. The van der Waals surface area contributed by atoms with Gasteiger partial charge in [0.2, 0.25) is 0 Å². The highest BCUT2D eigenvalue weighted by atomic mass is 15.1. The Balaban J connectivity index is 3.93. The molecule has 0 amide bonds. The minimum absolute atomic E-state index is 0.595. The second-order valence-corrected chi connectivity index (χ2v) is 2.57. The van der Waals surface area contributed by atoms with Crippen molar-refractivity contribution in [2.24, 2.45) is 4.99 Å². The molecule has 1 unspecified atom stereocenters. The Morgan fingerprint density at radius 2 is 2.18 bits per heavy atom. The van der Waals surface area contributed by atoms with Crippen LogP contribution in [0, 0.1) is 0 Å². The first-order valence-electron chi connectivity index (χ1n) is 4.14. The van der Waals surface area contributed by atoms with Crippen LogP contribution in [0.2, 0.25) is 0 Å². The monoisotopic (exact) mass is 154 g/mol. The number of rotatable bonds is 5. The van der Waals surface area contributed by atoms with Crippen molar-refractivity contribution in [3.8, 4) is 0 Å². The lowest BCUT2D eigenvalue weighted by atomic mass is 10.2. The predicted octanol–water partition coefficient (Wildman–Crippen LogP) is 2.28. The highest BCUT2D eigenvalue weighted by molar-refractivity contribution is 5.25. The summed E-state index contributed by atoms with van der Waals surface area (Å²) in [5.74, 6) is 0. The van der Waals surface area contributed by atoms with E-state index in [0.29, 0.717) is 6.04 Å². The molecular weight excluding hydrogens is 136 g/mol. The van der Waals surface area contributed by atoms with Gasteiger partial charge in [-0.05, 0) is 27.0 Å². The molecule has 0 aromatic heterocycles. The smallest absolute Gasteiger partial charge is 0.0419 e. The molecule has 0 spiro atoms. The zero-order chi connectivity index (χ0) is 8.69. The van der Waals surface area contributed by atoms with E-state index >= 15 is 0 Å². The highest BCUT2D eigenvalue weighted by Crippen LogP contribution is 2.02. The van der Waals surface area contributed by atoms with Gasteiger partial charge < -0.3 is 4.90 Å². The van der Waals surface area contributed by atoms with E-state index in [2.05, 4.69) is 37.4 Å². The lowest BCUT2D eigenvalue weighted by molar-refractivity contribution is 0.300. The molecule has 2 heteroatoms. The maximum Gasteiger partial charge on any atom is 0.0419 e. The summed E-state index contributed by atoms with van der Waals surface area (Å²) in [5, 5.41) is 0. The third-order valence-corrected chi connectivity index (χ3v) is 1.89. The van der Waals surface area contributed by atoms with Crippen LogP contribution in [0.15, 0.2) is 17.4 Å². The predicted molar refractivity (Wildman–Crippen MR) is 50.8 cm³/mol. The van der Waals surface area contributed by atoms with Crippen LogP contribution in [0.1, 0.15) is 27.2 Å². The van der Waals surface area contributed by atoms with Crippen molar-refractivity contribution in [3.05, 3.63) is 12.4 Å². The average Bonchev–Trinajstić information content (AvgIpc) is 2.05. The molecule has 64 valence electrons. The molecule has 0 bridgehead atoms. The first-order chi connectivity index (χ1) is 5.26. The van der Waals surface area contributed by atoms with Gasteiger partial charge in [0.1, 0.15) is 0 Å². The van der Waals surface area contributed by atoms with Crippen LogP contribution in [0.5, 0.6) is 0 Å². The zero-order valence-corrected chi connectivity index (χ0v) is 7.75. The van der Waals surface area contributed by atoms with Gasteiger partial charge in [0.05, 0.1) is 0 Å².